The Balaban J connectivity index is 2.38. The van der Waals surface area contributed by atoms with Gasteiger partial charge in [-0.05, 0) is 25.5 Å². The predicted octanol–water partition coefficient (Wildman–Crippen LogP) is 3.54. The Kier molecular flexibility index (Phi) is 3.59. The Hall–Kier alpha value is -1.61. The molecule has 0 saturated carbocycles. The summed E-state index contributed by atoms with van der Waals surface area (Å²) in [5.74, 6) is 0.828. The summed E-state index contributed by atoms with van der Waals surface area (Å²) in [5, 5.41) is 3.92. The van der Waals surface area contributed by atoms with Gasteiger partial charge in [-0.2, -0.15) is 0 Å². The summed E-state index contributed by atoms with van der Waals surface area (Å²) >= 11 is 6.11. The molecule has 0 aliphatic carbocycles. The van der Waals surface area contributed by atoms with Gasteiger partial charge >= 0.3 is 0 Å². The molecule has 1 heterocycles. The van der Waals surface area contributed by atoms with Crippen molar-refractivity contribution in [3.05, 3.63) is 41.2 Å². The molecule has 0 unspecified atom stereocenters. The topological polar surface area (TPSA) is 37.8 Å². The van der Waals surface area contributed by atoms with Gasteiger partial charge in [-0.1, -0.05) is 23.7 Å². The van der Waals surface area contributed by atoms with Crippen LogP contribution in [-0.2, 0) is 0 Å². The summed E-state index contributed by atoms with van der Waals surface area (Å²) in [6.07, 6.45) is 1.56. The van der Waals surface area contributed by atoms with Crippen LogP contribution in [0.1, 0.15) is 12.5 Å². The molecule has 0 atom stereocenters. The van der Waals surface area contributed by atoms with Gasteiger partial charge in [0.15, 0.2) is 0 Å². The quantitative estimate of drug-likeness (QED) is 0.902. The van der Waals surface area contributed by atoms with Crippen LogP contribution in [0.25, 0.3) is 11.3 Å². The van der Waals surface area contributed by atoms with Gasteiger partial charge in [-0.3, -0.25) is 0 Å². The zero-order chi connectivity index (χ0) is 12.3. The molecule has 1 aromatic heterocycles. The van der Waals surface area contributed by atoms with Gasteiger partial charge < -0.3 is 5.32 Å². The molecule has 0 radical (unpaired) electrons. The maximum Gasteiger partial charge on any atom is 0.129 e. The van der Waals surface area contributed by atoms with Crippen LogP contribution in [0.15, 0.2) is 30.6 Å². The van der Waals surface area contributed by atoms with Crippen molar-refractivity contribution in [3.63, 3.8) is 0 Å². The van der Waals surface area contributed by atoms with E-state index >= 15 is 0 Å². The molecule has 4 heteroatoms. The van der Waals surface area contributed by atoms with Crippen molar-refractivity contribution in [1.82, 2.24) is 9.97 Å². The molecule has 0 spiro atoms. The van der Waals surface area contributed by atoms with Crippen LogP contribution in [0, 0.1) is 6.92 Å². The second kappa shape index (κ2) is 5.15. The first-order chi connectivity index (χ1) is 8.20. The highest BCUT2D eigenvalue weighted by atomic mass is 35.5. The van der Waals surface area contributed by atoms with Crippen molar-refractivity contribution >= 4 is 17.4 Å². The smallest absolute Gasteiger partial charge is 0.129 e. The van der Waals surface area contributed by atoms with Crippen molar-refractivity contribution in [2.75, 3.05) is 11.9 Å². The van der Waals surface area contributed by atoms with Crippen LogP contribution in [-0.4, -0.2) is 16.5 Å². The lowest BCUT2D eigenvalue weighted by atomic mass is 10.1. The minimum absolute atomic E-state index is 0.756. The van der Waals surface area contributed by atoms with E-state index in [1.165, 1.54) is 0 Å². The molecule has 0 amide bonds. The molecular weight excluding hydrogens is 234 g/mol. The fourth-order valence-electron chi connectivity index (χ4n) is 1.55. The summed E-state index contributed by atoms with van der Waals surface area (Å²) in [5.41, 5.74) is 2.94. The first-order valence-corrected chi connectivity index (χ1v) is 5.91. The van der Waals surface area contributed by atoms with Crippen LogP contribution in [0.2, 0.25) is 5.02 Å². The van der Waals surface area contributed by atoms with Crippen molar-refractivity contribution in [2.24, 2.45) is 0 Å². The molecule has 17 heavy (non-hydrogen) atoms. The monoisotopic (exact) mass is 247 g/mol. The van der Waals surface area contributed by atoms with E-state index in [4.69, 9.17) is 11.6 Å². The fourth-order valence-corrected chi connectivity index (χ4v) is 1.73. The molecule has 0 fully saturated rings. The number of nitrogens with zero attached hydrogens (tertiary/aromatic N) is 2. The van der Waals surface area contributed by atoms with Crippen molar-refractivity contribution in [3.8, 4) is 11.3 Å². The first-order valence-electron chi connectivity index (χ1n) is 5.53. The van der Waals surface area contributed by atoms with Crippen molar-refractivity contribution in [1.29, 1.82) is 0 Å². The van der Waals surface area contributed by atoms with Crippen LogP contribution < -0.4 is 5.32 Å². The van der Waals surface area contributed by atoms with Gasteiger partial charge in [0, 0.05) is 23.2 Å². The minimum atomic E-state index is 0.756. The Labute approximate surface area is 106 Å². The summed E-state index contributed by atoms with van der Waals surface area (Å²) in [6, 6.07) is 7.85. The van der Waals surface area contributed by atoms with E-state index in [9.17, 15) is 0 Å². The maximum absolute atomic E-state index is 6.11. The van der Waals surface area contributed by atoms with Gasteiger partial charge in [0.2, 0.25) is 0 Å². The SMILES string of the molecule is CCNc1cc(-c2ccc(C)c(Cl)c2)ncn1. The Morgan fingerprint density at radius 1 is 1.24 bits per heavy atom. The third kappa shape index (κ3) is 2.74. The lowest BCUT2D eigenvalue weighted by Crippen LogP contribution is -1.99. The van der Waals surface area contributed by atoms with E-state index in [2.05, 4.69) is 15.3 Å². The number of rotatable bonds is 3. The zero-order valence-corrected chi connectivity index (χ0v) is 10.6. The lowest BCUT2D eigenvalue weighted by molar-refractivity contribution is 1.11. The number of halogens is 1. The molecule has 0 aliphatic rings. The van der Waals surface area contributed by atoms with Crippen LogP contribution >= 0.6 is 11.6 Å². The number of aromatic nitrogens is 2. The standard InChI is InChI=1S/C13H14ClN3/c1-3-15-13-7-12(16-8-17-13)10-5-4-9(2)11(14)6-10/h4-8H,3H2,1-2H3,(H,15,16,17). The Morgan fingerprint density at radius 3 is 2.76 bits per heavy atom. The molecule has 1 aromatic carbocycles. The average molecular weight is 248 g/mol. The van der Waals surface area contributed by atoms with Gasteiger partial charge in [0.25, 0.3) is 0 Å². The van der Waals surface area contributed by atoms with Crippen LogP contribution in [0.3, 0.4) is 0 Å². The fraction of sp³-hybridized carbons (Fsp3) is 0.231. The van der Waals surface area contributed by atoms with E-state index in [-0.39, 0.29) is 0 Å². The van der Waals surface area contributed by atoms with E-state index in [0.717, 1.165) is 34.2 Å². The van der Waals surface area contributed by atoms with E-state index < -0.39 is 0 Å². The summed E-state index contributed by atoms with van der Waals surface area (Å²) in [7, 11) is 0. The second-order valence-corrected chi connectivity index (χ2v) is 4.19. The largest absolute Gasteiger partial charge is 0.370 e. The van der Waals surface area contributed by atoms with Crippen LogP contribution in [0.5, 0.6) is 0 Å². The third-order valence-electron chi connectivity index (χ3n) is 2.49. The zero-order valence-electron chi connectivity index (χ0n) is 9.87. The number of nitrogens with one attached hydrogen (secondary N) is 1. The average Bonchev–Trinajstić information content (AvgIpc) is 2.33. The Bertz CT molecular complexity index is 526. The predicted molar refractivity (Wildman–Crippen MR) is 71.4 cm³/mol. The molecule has 88 valence electrons. The van der Waals surface area contributed by atoms with Gasteiger partial charge in [0.1, 0.15) is 12.1 Å². The highest BCUT2D eigenvalue weighted by Crippen LogP contribution is 2.24. The normalized spacial score (nSPS) is 10.3. The van der Waals surface area contributed by atoms with Gasteiger partial charge in [-0.15, -0.1) is 0 Å². The summed E-state index contributed by atoms with van der Waals surface area (Å²) in [4.78, 5) is 8.39. The summed E-state index contributed by atoms with van der Waals surface area (Å²) < 4.78 is 0. The van der Waals surface area contributed by atoms with Crippen molar-refractivity contribution in [2.45, 2.75) is 13.8 Å². The number of hydrogen-bond donors (Lipinski definition) is 1. The third-order valence-corrected chi connectivity index (χ3v) is 2.90. The number of hydrogen-bond acceptors (Lipinski definition) is 3. The van der Waals surface area contributed by atoms with E-state index in [1.54, 1.807) is 6.33 Å². The minimum Gasteiger partial charge on any atom is -0.370 e. The second-order valence-electron chi connectivity index (χ2n) is 3.78. The molecule has 0 saturated heterocycles. The highest BCUT2D eigenvalue weighted by molar-refractivity contribution is 6.31. The van der Waals surface area contributed by atoms with Crippen molar-refractivity contribution < 1.29 is 0 Å². The lowest BCUT2D eigenvalue weighted by Gasteiger charge is -2.06. The Morgan fingerprint density at radius 2 is 2.06 bits per heavy atom. The number of anilines is 1. The maximum atomic E-state index is 6.11. The molecule has 3 nitrogen and oxygen atoms in total. The molecule has 2 aromatic rings. The molecule has 1 N–H and O–H groups in total. The van der Waals surface area contributed by atoms with E-state index in [1.807, 2.05) is 38.1 Å². The van der Waals surface area contributed by atoms with E-state index in [0.29, 0.717) is 0 Å². The number of aryl methyl sites for hydroxylation is 1. The summed E-state index contributed by atoms with van der Waals surface area (Å²) in [6.45, 7) is 4.85. The molecule has 0 aliphatic heterocycles. The first kappa shape index (κ1) is 11.9. The van der Waals surface area contributed by atoms with Gasteiger partial charge in [0.05, 0.1) is 5.69 Å². The molecule has 2 rings (SSSR count). The molecular formula is C13H14ClN3. The highest BCUT2D eigenvalue weighted by Gasteiger charge is 2.03. The van der Waals surface area contributed by atoms with Gasteiger partial charge in [-0.25, -0.2) is 9.97 Å². The molecule has 0 bridgehead atoms. The number of benzene rings is 1. The van der Waals surface area contributed by atoms with Crippen LogP contribution in [0.4, 0.5) is 5.82 Å².